The summed E-state index contributed by atoms with van der Waals surface area (Å²) in [6.07, 6.45) is -0.743. The first kappa shape index (κ1) is 36.1. The minimum atomic E-state index is -0.458. The fourth-order valence-electron chi connectivity index (χ4n) is 5.11. The lowest BCUT2D eigenvalue weighted by Crippen LogP contribution is -2.27. The Morgan fingerprint density at radius 1 is 0.549 bits per heavy atom. The van der Waals surface area contributed by atoms with Crippen molar-refractivity contribution < 1.29 is 47.5 Å². The largest absolute Gasteiger partial charge is 0.491 e. The van der Waals surface area contributed by atoms with Crippen molar-refractivity contribution in [1.82, 2.24) is 0 Å². The minimum Gasteiger partial charge on any atom is -0.491 e. The van der Waals surface area contributed by atoms with E-state index in [1.165, 1.54) is 0 Å². The third-order valence-electron chi connectivity index (χ3n) is 8.23. The van der Waals surface area contributed by atoms with Gasteiger partial charge in [0.15, 0.2) is 0 Å². The average molecular weight is 697 g/mol. The molecule has 2 aliphatic heterocycles. The number of benzene rings is 4. The van der Waals surface area contributed by atoms with Crippen LogP contribution in [0.4, 0.5) is 0 Å². The molecule has 10 nitrogen and oxygen atoms in total. The number of hydrogen-bond acceptors (Lipinski definition) is 10. The van der Waals surface area contributed by atoms with Crippen molar-refractivity contribution in [1.29, 1.82) is 0 Å². The Morgan fingerprint density at radius 2 is 0.902 bits per heavy atom. The normalized spacial score (nSPS) is 17.9. The maximum absolute atomic E-state index is 12.7. The van der Waals surface area contributed by atoms with Crippen LogP contribution in [-0.2, 0) is 28.4 Å². The van der Waals surface area contributed by atoms with E-state index in [2.05, 4.69) is 0 Å². The molecule has 0 aromatic heterocycles. The highest BCUT2D eigenvalue weighted by Gasteiger charge is 2.24. The van der Waals surface area contributed by atoms with Crippen LogP contribution in [0.1, 0.15) is 41.5 Å². The van der Waals surface area contributed by atoms with Crippen molar-refractivity contribution in [2.45, 2.75) is 51.3 Å². The Labute approximate surface area is 298 Å². The van der Waals surface area contributed by atoms with E-state index < -0.39 is 24.1 Å². The lowest BCUT2D eigenvalue weighted by molar-refractivity contribution is -0.0581. The molecule has 6 rings (SSSR count). The first-order valence-electron chi connectivity index (χ1n) is 17.3. The molecule has 2 aliphatic rings. The van der Waals surface area contributed by atoms with E-state index in [9.17, 15) is 9.59 Å². The highest BCUT2D eigenvalue weighted by molar-refractivity contribution is 5.90. The summed E-state index contributed by atoms with van der Waals surface area (Å²) in [5.41, 5.74) is 4.92. The van der Waals surface area contributed by atoms with Crippen LogP contribution in [0.5, 0.6) is 11.5 Å². The SMILES string of the molecule is CC(COCC(C)OC(=O)c1ccc(-c2ccc(OCC3CO3)cc2)cc1)OCC(C)OC(=O)c1ccc(-c2ccc(OCC3CO3)cc2)cc1. The Morgan fingerprint density at radius 3 is 1.29 bits per heavy atom. The van der Waals surface area contributed by atoms with Gasteiger partial charge in [0.2, 0.25) is 0 Å². The molecule has 0 spiro atoms. The molecule has 5 unspecified atom stereocenters. The zero-order valence-electron chi connectivity index (χ0n) is 29.2. The van der Waals surface area contributed by atoms with Gasteiger partial charge in [-0.3, -0.25) is 0 Å². The molecule has 0 bridgehead atoms. The van der Waals surface area contributed by atoms with E-state index in [4.69, 9.17) is 37.9 Å². The standard InChI is InChI=1S/C41H44O10/c1-27(45-22-29(3)51-41(43)35-10-6-31(7-11-35)33-14-18-37(19-15-33)47-24-39-26-49-39)20-44-21-28(2)50-40(42)34-8-4-30(5-9-34)32-12-16-36(17-13-32)46-23-38-25-48-38/h4-19,27-29,38-39H,20-26H2,1-3H3. The van der Waals surface area contributed by atoms with Crippen LogP contribution in [0, 0.1) is 0 Å². The number of hydrogen-bond donors (Lipinski definition) is 0. The molecule has 4 aromatic rings. The first-order valence-corrected chi connectivity index (χ1v) is 17.3. The molecule has 2 heterocycles. The second-order valence-electron chi connectivity index (χ2n) is 12.8. The van der Waals surface area contributed by atoms with Crippen LogP contribution in [0.3, 0.4) is 0 Å². The molecule has 0 amide bonds. The van der Waals surface area contributed by atoms with Crippen molar-refractivity contribution >= 4 is 11.9 Å². The summed E-state index contributed by atoms with van der Waals surface area (Å²) >= 11 is 0. The quantitative estimate of drug-likeness (QED) is 0.0767. The number of esters is 2. The lowest BCUT2D eigenvalue weighted by Gasteiger charge is -2.19. The molecule has 0 radical (unpaired) electrons. The number of carbonyl (C=O) groups is 2. The minimum absolute atomic E-state index is 0.212. The predicted octanol–water partition coefficient (Wildman–Crippen LogP) is 6.79. The van der Waals surface area contributed by atoms with Crippen molar-refractivity contribution in [3.05, 3.63) is 108 Å². The van der Waals surface area contributed by atoms with E-state index in [1.54, 1.807) is 38.1 Å². The summed E-state index contributed by atoms with van der Waals surface area (Å²) in [5, 5.41) is 0. The molecule has 2 fully saturated rings. The molecular weight excluding hydrogens is 652 g/mol. The number of rotatable bonds is 19. The van der Waals surface area contributed by atoms with Gasteiger partial charge in [-0.05, 0) is 91.6 Å². The van der Waals surface area contributed by atoms with Crippen molar-refractivity contribution in [3.8, 4) is 33.8 Å². The van der Waals surface area contributed by atoms with Gasteiger partial charge in [0.1, 0.15) is 49.1 Å². The summed E-state index contributed by atoms with van der Waals surface area (Å²) in [6.45, 7) is 8.80. The maximum Gasteiger partial charge on any atom is 0.338 e. The first-order chi connectivity index (χ1) is 24.8. The van der Waals surface area contributed by atoms with Crippen LogP contribution in [-0.4, -0.2) is 88.7 Å². The van der Waals surface area contributed by atoms with Crippen molar-refractivity contribution in [2.75, 3.05) is 46.2 Å². The predicted molar refractivity (Wildman–Crippen MR) is 190 cm³/mol. The molecule has 51 heavy (non-hydrogen) atoms. The van der Waals surface area contributed by atoms with E-state index in [0.29, 0.717) is 30.9 Å². The Bertz CT molecular complexity index is 1700. The summed E-state index contributed by atoms with van der Waals surface area (Å²) in [5.74, 6) is 0.756. The second-order valence-corrected chi connectivity index (χ2v) is 12.8. The number of ether oxygens (including phenoxy) is 8. The molecule has 2 saturated heterocycles. The number of carbonyl (C=O) groups excluding carboxylic acids is 2. The lowest BCUT2D eigenvalue weighted by atomic mass is 10.0. The zero-order valence-corrected chi connectivity index (χ0v) is 29.2. The van der Waals surface area contributed by atoms with Gasteiger partial charge < -0.3 is 37.9 Å². The fourth-order valence-corrected chi connectivity index (χ4v) is 5.11. The summed E-state index contributed by atoms with van der Waals surface area (Å²) < 4.78 is 44.5. The highest BCUT2D eigenvalue weighted by Crippen LogP contribution is 2.25. The van der Waals surface area contributed by atoms with Gasteiger partial charge in [-0.1, -0.05) is 48.5 Å². The van der Waals surface area contributed by atoms with E-state index in [0.717, 1.165) is 47.0 Å². The topological polar surface area (TPSA) is 115 Å². The third-order valence-corrected chi connectivity index (χ3v) is 8.23. The van der Waals surface area contributed by atoms with Crippen molar-refractivity contribution in [3.63, 3.8) is 0 Å². The molecular formula is C41H44O10. The summed E-state index contributed by atoms with van der Waals surface area (Å²) in [4.78, 5) is 25.4. The molecule has 268 valence electrons. The number of epoxide rings is 2. The molecule has 10 heteroatoms. The van der Waals surface area contributed by atoms with Gasteiger partial charge in [0.25, 0.3) is 0 Å². The Balaban J connectivity index is 0.847. The molecule has 0 N–H and O–H groups in total. The molecule has 0 aliphatic carbocycles. The van der Waals surface area contributed by atoms with Crippen LogP contribution >= 0.6 is 0 Å². The maximum atomic E-state index is 12.7. The molecule has 5 atom stereocenters. The fraction of sp³-hybridized carbons (Fsp3) is 0.366. The Hall–Kier alpha value is -4.74. The van der Waals surface area contributed by atoms with Gasteiger partial charge in [-0.15, -0.1) is 0 Å². The zero-order chi connectivity index (χ0) is 35.6. The van der Waals surface area contributed by atoms with Gasteiger partial charge in [0.05, 0.1) is 50.3 Å². The van der Waals surface area contributed by atoms with Crippen LogP contribution < -0.4 is 9.47 Å². The monoisotopic (exact) mass is 696 g/mol. The van der Waals surface area contributed by atoms with Crippen LogP contribution in [0.15, 0.2) is 97.1 Å². The van der Waals surface area contributed by atoms with E-state index in [1.807, 2.05) is 79.7 Å². The average Bonchev–Trinajstić information content (AvgIpc) is 4.09. The summed E-state index contributed by atoms with van der Waals surface area (Å²) in [6, 6.07) is 30.2. The van der Waals surface area contributed by atoms with Crippen LogP contribution in [0.25, 0.3) is 22.3 Å². The van der Waals surface area contributed by atoms with Crippen LogP contribution in [0.2, 0.25) is 0 Å². The van der Waals surface area contributed by atoms with E-state index in [-0.39, 0.29) is 31.5 Å². The second kappa shape index (κ2) is 17.5. The van der Waals surface area contributed by atoms with Gasteiger partial charge in [-0.25, -0.2) is 9.59 Å². The molecule has 4 aromatic carbocycles. The van der Waals surface area contributed by atoms with E-state index >= 15 is 0 Å². The van der Waals surface area contributed by atoms with Gasteiger partial charge in [0, 0.05) is 0 Å². The van der Waals surface area contributed by atoms with Gasteiger partial charge >= 0.3 is 11.9 Å². The highest BCUT2D eigenvalue weighted by atomic mass is 16.6. The Kier molecular flexibility index (Phi) is 12.3. The van der Waals surface area contributed by atoms with Gasteiger partial charge in [-0.2, -0.15) is 0 Å². The summed E-state index contributed by atoms with van der Waals surface area (Å²) in [7, 11) is 0. The third kappa shape index (κ3) is 11.4. The molecule has 0 saturated carbocycles. The smallest absolute Gasteiger partial charge is 0.338 e. The van der Waals surface area contributed by atoms with Crippen molar-refractivity contribution in [2.24, 2.45) is 0 Å².